The number of allylic oxidation sites excluding steroid dienone is 2. The predicted octanol–water partition coefficient (Wildman–Crippen LogP) is 1.66. The molecule has 0 atom stereocenters. The van der Waals surface area contributed by atoms with E-state index in [0.717, 1.165) is 12.3 Å². The van der Waals surface area contributed by atoms with Gasteiger partial charge in [0.05, 0.1) is 11.4 Å². The zero-order valence-corrected chi connectivity index (χ0v) is 10.4. The number of carbonyl (C=O) groups is 1. The molecule has 0 unspecified atom stereocenters. The number of halogens is 1. The van der Waals surface area contributed by atoms with Crippen LogP contribution in [0.3, 0.4) is 0 Å². The van der Waals surface area contributed by atoms with Crippen molar-refractivity contribution in [1.82, 2.24) is 5.32 Å². The fourth-order valence-corrected chi connectivity index (χ4v) is 1.30. The molecule has 6 heteroatoms. The highest BCUT2D eigenvalue weighted by Crippen LogP contribution is 2.18. The van der Waals surface area contributed by atoms with Gasteiger partial charge in [0, 0.05) is 31.1 Å². The number of nitrogens with one attached hydrogen (secondary N) is 3. The molecule has 0 aromatic heterocycles. The number of benzene rings is 1. The summed E-state index contributed by atoms with van der Waals surface area (Å²) in [4.78, 5) is 11.6. The molecular weight excluding hydrogens is 247 g/mol. The lowest BCUT2D eigenvalue weighted by Crippen LogP contribution is -2.10. The molecular formula is C13H15FN4O. The summed E-state index contributed by atoms with van der Waals surface area (Å²) in [5.41, 5.74) is 6.59. The van der Waals surface area contributed by atoms with Crippen molar-refractivity contribution in [2.45, 2.75) is 0 Å². The van der Waals surface area contributed by atoms with E-state index in [1.54, 1.807) is 13.2 Å². The number of nitrogen functional groups attached to an aromatic ring is 1. The molecule has 0 saturated heterocycles. The molecule has 100 valence electrons. The second-order valence-corrected chi connectivity index (χ2v) is 3.63. The molecule has 1 aromatic rings. The average molecular weight is 262 g/mol. The first kappa shape index (κ1) is 14.4. The molecule has 0 saturated carbocycles. The van der Waals surface area contributed by atoms with E-state index in [9.17, 15) is 9.18 Å². The molecule has 0 radical (unpaired) electrons. The summed E-state index contributed by atoms with van der Waals surface area (Å²) in [6.07, 6.45) is 5.41. The maximum Gasteiger partial charge on any atom is 0.248 e. The van der Waals surface area contributed by atoms with Gasteiger partial charge in [0.2, 0.25) is 5.91 Å². The largest absolute Gasteiger partial charge is 0.397 e. The summed E-state index contributed by atoms with van der Waals surface area (Å²) in [6, 6.07) is 3.72. The lowest BCUT2D eigenvalue weighted by atomic mass is 10.2. The van der Waals surface area contributed by atoms with Crippen molar-refractivity contribution < 1.29 is 9.18 Å². The molecule has 5 nitrogen and oxygen atoms in total. The van der Waals surface area contributed by atoms with Crippen LogP contribution in [0.2, 0.25) is 0 Å². The number of hydrogen-bond donors (Lipinski definition) is 4. The van der Waals surface area contributed by atoms with E-state index in [-0.39, 0.29) is 5.69 Å². The molecule has 1 aromatic carbocycles. The Bertz CT molecular complexity index is 537. The minimum absolute atomic E-state index is 0.153. The number of rotatable bonds is 5. The average Bonchev–Trinajstić information content (AvgIpc) is 2.38. The molecule has 0 aliphatic carbocycles. The first-order valence-electron chi connectivity index (χ1n) is 5.49. The fourth-order valence-electron chi connectivity index (χ4n) is 1.30. The standard InChI is InChI=1S/C13H15FN4O/c1-17-8-9(7-15)2-5-13(19)18-12-4-3-10(14)6-11(12)16/h2-8,15,17H,16H2,1H3,(H,18,19)/b5-2+,9-8-,15-7?. The smallest absolute Gasteiger partial charge is 0.248 e. The Balaban J connectivity index is 2.72. The van der Waals surface area contributed by atoms with Gasteiger partial charge in [-0.15, -0.1) is 0 Å². The Morgan fingerprint density at radius 1 is 1.42 bits per heavy atom. The van der Waals surface area contributed by atoms with E-state index in [4.69, 9.17) is 11.1 Å². The van der Waals surface area contributed by atoms with E-state index in [0.29, 0.717) is 11.3 Å². The molecule has 0 fully saturated rings. The van der Waals surface area contributed by atoms with Gasteiger partial charge in [-0.1, -0.05) is 0 Å². The van der Waals surface area contributed by atoms with Gasteiger partial charge in [0.25, 0.3) is 0 Å². The zero-order chi connectivity index (χ0) is 14.3. The van der Waals surface area contributed by atoms with Crippen LogP contribution in [-0.2, 0) is 4.79 Å². The summed E-state index contributed by atoms with van der Waals surface area (Å²) in [5.74, 6) is -0.878. The molecule has 0 bridgehead atoms. The van der Waals surface area contributed by atoms with Crippen LogP contribution in [0, 0.1) is 11.2 Å². The minimum Gasteiger partial charge on any atom is -0.397 e. The van der Waals surface area contributed by atoms with Crippen molar-refractivity contribution in [3.8, 4) is 0 Å². The van der Waals surface area contributed by atoms with Gasteiger partial charge in [-0.25, -0.2) is 4.39 Å². The van der Waals surface area contributed by atoms with Crippen LogP contribution in [0.1, 0.15) is 0 Å². The topological polar surface area (TPSA) is 91.0 Å². The SMILES string of the molecule is CN/C=C(C=N)/C=C/C(=O)Nc1ccc(F)cc1N. The third-order valence-electron chi connectivity index (χ3n) is 2.18. The van der Waals surface area contributed by atoms with E-state index < -0.39 is 11.7 Å². The molecule has 1 rings (SSSR count). The highest BCUT2D eigenvalue weighted by molar-refractivity contribution is 6.02. The first-order chi connectivity index (χ1) is 9.06. The minimum atomic E-state index is -0.464. The maximum absolute atomic E-state index is 12.8. The Labute approximate surface area is 110 Å². The zero-order valence-electron chi connectivity index (χ0n) is 10.4. The van der Waals surface area contributed by atoms with Crippen molar-refractivity contribution in [3.05, 3.63) is 47.9 Å². The molecule has 5 N–H and O–H groups in total. The number of amides is 1. The van der Waals surface area contributed by atoms with Crippen molar-refractivity contribution in [3.63, 3.8) is 0 Å². The van der Waals surface area contributed by atoms with Crippen LogP contribution in [-0.4, -0.2) is 19.2 Å². The van der Waals surface area contributed by atoms with E-state index in [2.05, 4.69) is 10.6 Å². The van der Waals surface area contributed by atoms with Crippen LogP contribution >= 0.6 is 0 Å². The molecule has 0 aliphatic heterocycles. The second-order valence-electron chi connectivity index (χ2n) is 3.63. The molecule has 1 amide bonds. The van der Waals surface area contributed by atoms with E-state index in [1.807, 2.05) is 0 Å². The normalized spacial score (nSPS) is 11.4. The van der Waals surface area contributed by atoms with E-state index >= 15 is 0 Å². The number of anilines is 2. The Hall–Kier alpha value is -2.63. The van der Waals surface area contributed by atoms with Gasteiger partial charge < -0.3 is 21.8 Å². The molecule has 0 heterocycles. The van der Waals surface area contributed by atoms with Gasteiger partial charge in [-0.05, 0) is 24.3 Å². The Morgan fingerprint density at radius 2 is 2.16 bits per heavy atom. The highest BCUT2D eigenvalue weighted by Gasteiger charge is 2.03. The quantitative estimate of drug-likeness (QED) is 0.281. The lowest BCUT2D eigenvalue weighted by molar-refractivity contribution is -0.111. The third kappa shape index (κ3) is 4.63. The monoisotopic (exact) mass is 262 g/mol. The maximum atomic E-state index is 12.8. The summed E-state index contributed by atoms with van der Waals surface area (Å²) >= 11 is 0. The van der Waals surface area contributed by atoms with Crippen LogP contribution in [0.4, 0.5) is 15.8 Å². The van der Waals surface area contributed by atoms with Crippen LogP contribution in [0.5, 0.6) is 0 Å². The van der Waals surface area contributed by atoms with Gasteiger partial charge in [0.15, 0.2) is 0 Å². The lowest BCUT2D eigenvalue weighted by Gasteiger charge is -2.05. The summed E-state index contributed by atoms with van der Waals surface area (Å²) in [6.45, 7) is 0. The number of hydrogen-bond acceptors (Lipinski definition) is 4. The van der Waals surface area contributed by atoms with Crippen molar-refractivity contribution in [2.75, 3.05) is 18.1 Å². The third-order valence-corrected chi connectivity index (χ3v) is 2.18. The van der Waals surface area contributed by atoms with E-state index in [1.165, 1.54) is 24.3 Å². The van der Waals surface area contributed by atoms with Crippen LogP contribution in [0.15, 0.2) is 42.1 Å². The van der Waals surface area contributed by atoms with Crippen LogP contribution in [0.25, 0.3) is 0 Å². The van der Waals surface area contributed by atoms with Crippen LogP contribution < -0.4 is 16.4 Å². The molecule has 19 heavy (non-hydrogen) atoms. The van der Waals surface area contributed by atoms with Gasteiger partial charge in [0.1, 0.15) is 5.82 Å². The number of nitrogens with two attached hydrogens (primary N) is 1. The first-order valence-corrected chi connectivity index (χ1v) is 5.49. The van der Waals surface area contributed by atoms with Crippen molar-refractivity contribution in [1.29, 1.82) is 5.41 Å². The second kappa shape index (κ2) is 6.95. The predicted molar refractivity (Wildman–Crippen MR) is 74.5 cm³/mol. The van der Waals surface area contributed by atoms with Gasteiger partial charge in [-0.2, -0.15) is 0 Å². The summed E-state index contributed by atoms with van der Waals surface area (Å²) < 4.78 is 12.8. The summed E-state index contributed by atoms with van der Waals surface area (Å²) in [7, 11) is 1.69. The number of carbonyl (C=O) groups excluding carboxylic acids is 1. The summed E-state index contributed by atoms with van der Waals surface area (Å²) in [5, 5.41) is 12.4. The highest BCUT2D eigenvalue weighted by atomic mass is 19.1. The van der Waals surface area contributed by atoms with Crippen molar-refractivity contribution in [2.24, 2.45) is 0 Å². The van der Waals surface area contributed by atoms with Gasteiger partial charge >= 0.3 is 0 Å². The molecule has 0 aliphatic rings. The fraction of sp³-hybridized carbons (Fsp3) is 0.0769. The Kier molecular flexibility index (Phi) is 5.28. The Morgan fingerprint density at radius 3 is 2.74 bits per heavy atom. The van der Waals surface area contributed by atoms with Gasteiger partial charge in [-0.3, -0.25) is 4.79 Å². The van der Waals surface area contributed by atoms with Crippen molar-refractivity contribution >= 4 is 23.5 Å². The molecule has 0 spiro atoms.